The number of esters is 2. The van der Waals surface area contributed by atoms with E-state index in [0.717, 1.165) is 19.3 Å². The van der Waals surface area contributed by atoms with Crippen LogP contribution in [0.15, 0.2) is 23.8 Å². The summed E-state index contributed by atoms with van der Waals surface area (Å²) in [5, 5.41) is 0. The fourth-order valence-corrected chi connectivity index (χ4v) is 2.48. The van der Waals surface area contributed by atoms with Crippen molar-refractivity contribution >= 4 is 11.9 Å². The van der Waals surface area contributed by atoms with Gasteiger partial charge in [-0.2, -0.15) is 0 Å². The molecule has 0 aromatic carbocycles. The van der Waals surface area contributed by atoms with Crippen molar-refractivity contribution in [3.05, 3.63) is 23.8 Å². The number of allylic oxidation sites excluding steroid dienone is 1. The molecule has 0 amide bonds. The molecule has 3 unspecified atom stereocenters. The van der Waals surface area contributed by atoms with Gasteiger partial charge in [-0.05, 0) is 19.8 Å². The van der Waals surface area contributed by atoms with E-state index in [-0.39, 0.29) is 29.9 Å². The molecule has 2 saturated heterocycles. The van der Waals surface area contributed by atoms with Crippen LogP contribution in [0.25, 0.3) is 0 Å². The highest BCUT2D eigenvalue weighted by atomic mass is 16.6. The second-order valence-corrected chi connectivity index (χ2v) is 5.51. The second kappa shape index (κ2) is 5.59. The Balaban J connectivity index is 1.82. The molecule has 0 radical (unpaired) electrons. The van der Waals surface area contributed by atoms with E-state index in [1.54, 1.807) is 0 Å². The highest BCUT2D eigenvalue weighted by Gasteiger charge is 2.31. The Morgan fingerprint density at radius 2 is 2.21 bits per heavy atom. The molecule has 4 nitrogen and oxygen atoms in total. The van der Waals surface area contributed by atoms with Crippen LogP contribution >= 0.6 is 0 Å². The van der Waals surface area contributed by atoms with Gasteiger partial charge in [0.2, 0.25) is 0 Å². The summed E-state index contributed by atoms with van der Waals surface area (Å²) in [5.41, 5.74) is 1.74. The van der Waals surface area contributed by atoms with Crippen LogP contribution in [0.1, 0.15) is 33.1 Å². The van der Waals surface area contributed by atoms with Crippen molar-refractivity contribution in [2.24, 2.45) is 11.8 Å². The van der Waals surface area contributed by atoms with Gasteiger partial charge in [0, 0.05) is 17.9 Å². The Labute approximate surface area is 113 Å². The van der Waals surface area contributed by atoms with Crippen LogP contribution in [0.4, 0.5) is 0 Å². The zero-order valence-corrected chi connectivity index (χ0v) is 11.5. The molecule has 0 aromatic rings. The third-order valence-electron chi connectivity index (χ3n) is 3.77. The molecule has 2 heterocycles. The Kier molecular flexibility index (Phi) is 4.08. The molecule has 0 saturated carbocycles. The first-order valence-corrected chi connectivity index (χ1v) is 6.69. The minimum Gasteiger partial charge on any atom is -0.462 e. The Morgan fingerprint density at radius 3 is 2.74 bits per heavy atom. The van der Waals surface area contributed by atoms with Crippen molar-refractivity contribution in [3.63, 3.8) is 0 Å². The van der Waals surface area contributed by atoms with Crippen LogP contribution in [0.2, 0.25) is 0 Å². The van der Waals surface area contributed by atoms with E-state index in [4.69, 9.17) is 9.47 Å². The molecule has 2 fully saturated rings. The lowest BCUT2D eigenvalue weighted by molar-refractivity contribution is -0.143. The monoisotopic (exact) mass is 264 g/mol. The molecular weight excluding hydrogens is 244 g/mol. The molecule has 104 valence electrons. The van der Waals surface area contributed by atoms with Crippen LogP contribution in [0, 0.1) is 11.8 Å². The van der Waals surface area contributed by atoms with Gasteiger partial charge in [0.05, 0.1) is 12.5 Å². The molecule has 0 bridgehead atoms. The number of ether oxygens (including phenoxy) is 2. The van der Waals surface area contributed by atoms with Crippen molar-refractivity contribution in [1.29, 1.82) is 0 Å². The summed E-state index contributed by atoms with van der Waals surface area (Å²) in [6, 6.07) is 0. The summed E-state index contributed by atoms with van der Waals surface area (Å²) < 4.78 is 10.2. The maximum atomic E-state index is 11.3. The Hall–Kier alpha value is -1.58. The highest BCUT2D eigenvalue weighted by molar-refractivity contribution is 5.90. The average molecular weight is 264 g/mol. The standard InChI is InChI=1S/C15H20O4/c1-9(6-13-7-10(2)14(16)19-13)4-5-12-8-18-15(17)11(12)3/h4,10,12-13H,3,5-8H2,1-2H3. The van der Waals surface area contributed by atoms with Crippen LogP contribution in [0.5, 0.6) is 0 Å². The number of carbonyl (C=O) groups excluding carboxylic acids is 2. The summed E-state index contributed by atoms with van der Waals surface area (Å²) in [6.45, 7) is 8.09. The molecule has 4 heteroatoms. The third-order valence-corrected chi connectivity index (χ3v) is 3.77. The minimum atomic E-state index is -0.283. The number of cyclic esters (lactones) is 2. The Morgan fingerprint density at radius 1 is 1.47 bits per heavy atom. The van der Waals surface area contributed by atoms with Gasteiger partial charge in [-0.3, -0.25) is 4.79 Å². The molecule has 3 atom stereocenters. The zero-order valence-electron chi connectivity index (χ0n) is 11.5. The van der Waals surface area contributed by atoms with Crippen molar-refractivity contribution in [1.82, 2.24) is 0 Å². The van der Waals surface area contributed by atoms with Gasteiger partial charge < -0.3 is 9.47 Å². The highest BCUT2D eigenvalue weighted by Crippen LogP contribution is 2.27. The van der Waals surface area contributed by atoms with E-state index < -0.39 is 0 Å². The second-order valence-electron chi connectivity index (χ2n) is 5.51. The lowest BCUT2D eigenvalue weighted by Crippen LogP contribution is -2.07. The fourth-order valence-electron chi connectivity index (χ4n) is 2.48. The van der Waals surface area contributed by atoms with Crippen LogP contribution in [-0.2, 0) is 19.1 Å². The van der Waals surface area contributed by atoms with E-state index in [1.807, 2.05) is 13.8 Å². The van der Waals surface area contributed by atoms with E-state index in [1.165, 1.54) is 5.57 Å². The van der Waals surface area contributed by atoms with Crippen molar-refractivity contribution < 1.29 is 19.1 Å². The third kappa shape index (κ3) is 3.25. The number of hydrogen-bond donors (Lipinski definition) is 0. The summed E-state index contributed by atoms with van der Waals surface area (Å²) in [4.78, 5) is 22.5. The van der Waals surface area contributed by atoms with Gasteiger partial charge in [0.25, 0.3) is 0 Å². The van der Waals surface area contributed by atoms with Gasteiger partial charge in [0.15, 0.2) is 0 Å². The normalized spacial score (nSPS) is 31.6. The lowest BCUT2D eigenvalue weighted by atomic mass is 9.96. The summed E-state index contributed by atoms with van der Waals surface area (Å²) in [5.74, 6) is -0.276. The van der Waals surface area contributed by atoms with Crippen molar-refractivity contribution in [2.45, 2.75) is 39.2 Å². The molecular formula is C15H20O4. The van der Waals surface area contributed by atoms with Gasteiger partial charge >= 0.3 is 11.9 Å². The maximum Gasteiger partial charge on any atom is 0.333 e. The predicted molar refractivity (Wildman–Crippen MR) is 70.2 cm³/mol. The largest absolute Gasteiger partial charge is 0.462 e. The van der Waals surface area contributed by atoms with E-state index in [2.05, 4.69) is 12.7 Å². The molecule has 19 heavy (non-hydrogen) atoms. The molecule has 2 aliphatic rings. The SMILES string of the molecule is C=C1C(=O)OCC1CC=C(C)CC1CC(C)C(=O)O1. The zero-order chi connectivity index (χ0) is 14.0. The van der Waals surface area contributed by atoms with Gasteiger partial charge in [-0.15, -0.1) is 0 Å². The topological polar surface area (TPSA) is 52.6 Å². The first-order valence-electron chi connectivity index (χ1n) is 6.69. The molecule has 2 aliphatic heterocycles. The fraction of sp³-hybridized carbons (Fsp3) is 0.600. The summed E-state index contributed by atoms with van der Waals surface area (Å²) in [7, 11) is 0. The van der Waals surface area contributed by atoms with Gasteiger partial charge in [-0.25, -0.2) is 4.79 Å². The average Bonchev–Trinajstić information content (AvgIpc) is 2.82. The van der Waals surface area contributed by atoms with E-state index >= 15 is 0 Å². The minimum absolute atomic E-state index is 0.00316. The smallest absolute Gasteiger partial charge is 0.333 e. The lowest BCUT2D eigenvalue weighted by Gasteiger charge is -2.10. The first kappa shape index (κ1) is 13.8. The molecule has 0 N–H and O–H groups in total. The molecule has 0 aromatic heterocycles. The number of hydrogen-bond acceptors (Lipinski definition) is 4. The van der Waals surface area contributed by atoms with Crippen molar-refractivity contribution in [2.75, 3.05) is 6.61 Å². The quantitative estimate of drug-likeness (QED) is 0.444. The predicted octanol–water partition coefficient (Wildman–Crippen LogP) is 2.39. The number of carbonyl (C=O) groups is 2. The molecule has 0 aliphatic carbocycles. The summed E-state index contributed by atoms with van der Waals surface area (Å²) in [6.07, 6.45) is 4.41. The first-order chi connectivity index (χ1) is 8.97. The van der Waals surface area contributed by atoms with Crippen LogP contribution < -0.4 is 0 Å². The van der Waals surface area contributed by atoms with Gasteiger partial charge in [0.1, 0.15) is 6.10 Å². The maximum absolute atomic E-state index is 11.3. The van der Waals surface area contributed by atoms with Crippen molar-refractivity contribution in [3.8, 4) is 0 Å². The van der Waals surface area contributed by atoms with Gasteiger partial charge in [-0.1, -0.05) is 25.2 Å². The van der Waals surface area contributed by atoms with Crippen LogP contribution in [-0.4, -0.2) is 24.6 Å². The molecule has 2 rings (SSSR count). The molecule has 0 spiro atoms. The summed E-state index contributed by atoms with van der Waals surface area (Å²) >= 11 is 0. The van der Waals surface area contributed by atoms with Crippen LogP contribution in [0.3, 0.4) is 0 Å². The number of rotatable bonds is 4. The Bertz CT molecular complexity index is 435. The van der Waals surface area contributed by atoms with E-state index in [9.17, 15) is 9.59 Å². The van der Waals surface area contributed by atoms with E-state index in [0.29, 0.717) is 12.2 Å².